The Morgan fingerprint density at radius 2 is 1.84 bits per heavy atom. The number of hydrogen-bond donors (Lipinski definition) is 1. The lowest BCUT2D eigenvalue weighted by molar-refractivity contribution is 0.120. The SMILES string of the molecule is COCCN1CCC(CNCc2cn(-c3ccccc3)nc2-c2cccc(OC)c2)CC1. The normalized spacial score (nSPS) is 15.2. The van der Waals surface area contributed by atoms with Gasteiger partial charge in [0.25, 0.3) is 0 Å². The zero-order chi connectivity index (χ0) is 22.2. The second kappa shape index (κ2) is 11.3. The molecule has 1 saturated heterocycles. The molecule has 1 N–H and O–H groups in total. The van der Waals surface area contributed by atoms with Gasteiger partial charge in [-0.15, -0.1) is 0 Å². The molecule has 6 nitrogen and oxygen atoms in total. The molecule has 0 amide bonds. The summed E-state index contributed by atoms with van der Waals surface area (Å²) in [7, 11) is 3.47. The molecular weight excluding hydrogens is 400 g/mol. The first kappa shape index (κ1) is 22.5. The monoisotopic (exact) mass is 434 g/mol. The van der Waals surface area contributed by atoms with Gasteiger partial charge in [0, 0.05) is 37.5 Å². The van der Waals surface area contributed by atoms with Crippen molar-refractivity contribution in [3.8, 4) is 22.7 Å². The zero-order valence-corrected chi connectivity index (χ0v) is 19.2. The predicted octanol–water partition coefficient (Wildman–Crippen LogP) is 4.00. The molecule has 0 unspecified atom stereocenters. The summed E-state index contributed by atoms with van der Waals surface area (Å²) in [5.74, 6) is 1.56. The van der Waals surface area contributed by atoms with Gasteiger partial charge in [-0.1, -0.05) is 30.3 Å². The van der Waals surface area contributed by atoms with Gasteiger partial charge in [-0.25, -0.2) is 4.68 Å². The number of ether oxygens (including phenoxy) is 2. The van der Waals surface area contributed by atoms with Crippen molar-refractivity contribution < 1.29 is 9.47 Å². The van der Waals surface area contributed by atoms with Gasteiger partial charge in [0.05, 0.1) is 25.1 Å². The van der Waals surface area contributed by atoms with Gasteiger partial charge < -0.3 is 19.7 Å². The van der Waals surface area contributed by atoms with Gasteiger partial charge >= 0.3 is 0 Å². The molecule has 1 aliphatic rings. The summed E-state index contributed by atoms with van der Waals surface area (Å²) < 4.78 is 12.6. The second-order valence-electron chi connectivity index (χ2n) is 8.42. The minimum atomic E-state index is 0.721. The maximum Gasteiger partial charge on any atom is 0.119 e. The van der Waals surface area contributed by atoms with Crippen molar-refractivity contribution in [2.45, 2.75) is 19.4 Å². The predicted molar refractivity (Wildman–Crippen MR) is 128 cm³/mol. The molecule has 170 valence electrons. The Bertz CT molecular complexity index is 965. The Hall–Kier alpha value is -2.67. The van der Waals surface area contributed by atoms with Crippen molar-refractivity contribution in [1.82, 2.24) is 20.0 Å². The standard InChI is InChI=1S/C26H34N4O2/c1-31-16-15-29-13-11-21(12-14-29)18-27-19-23-20-30(24-8-4-3-5-9-24)28-26(23)22-7-6-10-25(17-22)32-2/h3-10,17,20-21,27H,11-16,18-19H2,1-2H3. The summed E-state index contributed by atoms with van der Waals surface area (Å²) in [6.07, 6.45) is 4.62. The molecule has 2 heterocycles. The highest BCUT2D eigenvalue weighted by Crippen LogP contribution is 2.27. The fourth-order valence-electron chi connectivity index (χ4n) is 4.31. The van der Waals surface area contributed by atoms with Crippen LogP contribution < -0.4 is 10.1 Å². The van der Waals surface area contributed by atoms with Crippen LogP contribution in [0.1, 0.15) is 18.4 Å². The Kier molecular flexibility index (Phi) is 7.93. The Morgan fingerprint density at radius 1 is 1.03 bits per heavy atom. The smallest absolute Gasteiger partial charge is 0.119 e. The van der Waals surface area contributed by atoms with E-state index in [0.717, 1.165) is 67.9 Å². The van der Waals surface area contributed by atoms with E-state index >= 15 is 0 Å². The maximum atomic E-state index is 5.44. The molecular formula is C26H34N4O2. The van der Waals surface area contributed by atoms with Crippen LogP contribution in [0.2, 0.25) is 0 Å². The van der Waals surface area contributed by atoms with Crippen molar-refractivity contribution in [2.75, 3.05) is 47.0 Å². The van der Waals surface area contributed by atoms with Crippen LogP contribution in [0.3, 0.4) is 0 Å². The molecule has 0 saturated carbocycles. The van der Waals surface area contributed by atoms with E-state index in [1.807, 2.05) is 35.0 Å². The van der Waals surface area contributed by atoms with Crippen LogP contribution in [0.5, 0.6) is 5.75 Å². The first-order valence-electron chi connectivity index (χ1n) is 11.5. The van der Waals surface area contributed by atoms with Crippen molar-refractivity contribution in [3.63, 3.8) is 0 Å². The van der Waals surface area contributed by atoms with Crippen molar-refractivity contribution in [2.24, 2.45) is 5.92 Å². The minimum absolute atomic E-state index is 0.721. The molecule has 0 radical (unpaired) electrons. The topological polar surface area (TPSA) is 51.5 Å². The van der Waals surface area contributed by atoms with Crippen molar-refractivity contribution in [3.05, 3.63) is 66.4 Å². The summed E-state index contributed by atoms with van der Waals surface area (Å²) in [6, 6.07) is 18.4. The average molecular weight is 435 g/mol. The third-order valence-corrected chi connectivity index (χ3v) is 6.22. The summed E-state index contributed by atoms with van der Waals surface area (Å²) in [4.78, 5) is 2.50. The molecule has 0 bridgehead atoms. The highest BCUT2D eigenvalue weighted by atomic mass is 16.5. The molecule has 1 aliphatic heterocycles. The lowest BCUT2D eigenvalue weighted by Gasteiger charge is -2.31. The van der Waals surface area contributed by atoms with Crippen LogP contribution in [-0.4, -0.2) is 61.7 Å². The van der Waals surface area contributed by atoms with Gasteiger partial charge in [-0.05, 0) is 62.7 Å². The van der Waals surface area contributed by atoms with E-state index in [9.17, 15) is 0 Å². The number of likely N-dealkylation sites (tertiary alicyclic amines) is 1. The Morgan fingerprint density at radius 3 is 2.59 bits per heavy atom. The van der Waals surface area contributed by atoms with E-state index in [-0.39, 0.29) is 0 Å². The fourth-order valence-corrected chi connectivity index (χ4v) is 4.31. The molecule has 1 aromatic heterocycles. The lowest BCUT2D eigenvalue weighted by Crippen LogP contribution is -2.38. The summed E-state index contributed by atoms with van der Waals surface area (Å²) in [6.45, 7) is 6.02. The van der Waals surface area contributed by atoms with E-state index < -0.39 is 0 Å². The number of piperidine rings is 1. The minimum Gasteiger partial charge on any atom is -0.497 e. The number of nitrogens with zero attached hydrogens (tertiary/aromatic N) is 3. The summed E-state index contributed by atoms with van der Waals surface area (Å²) in [5.41, 5.74) is 4.32. The molecule has 32 heavy (non-hydrogen) atoms. The number of rotatable bonds is 10. The number of aromatic nitrogens is 2. The summed E-state index contributed by atoms with van der Waals surface area (Å²) >= 11 is 0. The van der Waals surface area contributed by atoms with Crippen molar-refractivity contribution >= 4 is 0 Å². The van der Waals surface area contributed by atoms with Crippen LogP contribution in [0, 0.1) is 5.92 Å². The maximum absolute atomic E-state index is 5.44. The van der Waals surface area contributed by atoms with Crippen LogP contribution in [0.4, 0.5) is 0 Å². The zero-order valence-electron chi connectivity index (χ0n) is 19.2. The Balaban J connectivity index is 1.43. The molecule has 6 heteroatoms. The highest BCUT2D eigenvalue weighted by Gasteiger charge is 2.19. The molecule has 3 aromatic rings. The first-order valence-corrected chi connectivity index (χ1v) is 11.5. The Labute approximate surface area is 191 Å². The van der Waals surface area contributed by atoms with Crippen LogP contribution in [0.15, 0.2) is 60.8 Å². The number of hydrogen-bond acceptors (Lipinski definition) is 5. The van der Waals surface area contributed by atoms with E-state index in [0.29, 0.717) is 0 Å². The molecule has 0 spiro atoms. The highest BCUT2D eigenvalue weighted by molar-refractivity contribution is 5.65. The van der Waals surface area contributed by atoms with Crippen LogP contribution >= 0.6 is 0 Å². The number of para-hydroxylation sites is 1. The largest absolute Gasteiger partial charge is 0.497 e. The van der Waals surface area contributed by atoms with E-state index in [1.54, 1.807) is 14.2 Å². The number of nitrogens with one attached hydrogen (secondary N) is 1. The second-order valence-corrected chi connectivity index (χ2v) is 8.42. The number of benzene rings is 2. The fraction of sp³-hybridized carbons (Fsp3) is 0.423. The van der Waals surface area contributed by atoms with E-state index in [1.165, 1.54) is 18.4 Å². The molecule has 0 aliphatic carbocycles. The molecule has 2 aromatic carbocycles. The molecule has 0 atom stereocenters. The van der Waals surface area contributed by atoms with Gasteiger partial charge in [0.15, 0.2) is 0 Å². The number of methoxy groups -OCH3 is 2. The van der Waals surface area contributed by atoms with Crippen LogP contribution in [0.25, 0.3) is 16.9 Å². The summed E-state index contributed by atoms with van der Waals surface area (Å²) in [5, 5.41) is 8.64. The van der Waals surface area contributed by atoms with Gasteiger partial charge in [0.2, 0.25) is 0 Å². The van der Waals surface area contributed by atoms with Gasteiger partial charge in [0.1, 0.15) is 5.75 Å². The van der Waals surface area contributed by atoms with Crippen LogP contribution in [-0.2, 0) is 11.3 Å². The van der Waals surface area contributed by atoms with E-state index in [4.69, 9.17) is 14.6 Å². The molecule has 4 rings (SSSR count). The first-order chi connectivity index (χ1) is 15.8. The van der Waals surface area contributed by atoms with E-state index in [2.05, 4.69) is 40.7 Å². The van der Waals surface area contributed by atoms with Gasteiger partial charge in [-0.2, -0.15) is 5.10 Å². The van der Waals surface area contributed by atoms with Crippen molar-refractivity contribution in [1.29, 1.82) is 0 Å². The lowest BCUT2D eigenvalue weighted by atomic mass is 9.96. The third-order valence-electron chi connectivity index (χ3n) is 6.22. The quantitative estimate of drug-likeness (QED) is 0.523. The average Bonchev–Trinajstić information content (AvgIpc) is 3.28. The third kappa shape index (κ3) is 5.76. The van der Waals surface area contributed by atoms with Gasteiger partial charge in [-0.3, -0.25) is 0 Å². The molecule has 1 fully saturated rings.